The fraction of sp³-hybridized carbons (Fsp3) is 0.667. The van der Waals surface area contributed by atoms with E-state index in [1.54, 1.807) is 0 Å². The first-order chi connectivity index (χ1) is 10.6. The van der Waals surface area contributed by atoms with Crippen LogP contribution in [0.25, 0.3) is 0 Å². The normalized spacial score (nSPS) is 17.3. The first-order valence-electron chi connectivity index (χ1n) is 6.57. The number of hydrogen-bond acceptors (Lipinski definition) is 9. The van der Waals surface area contributed by atoms with Gasteiger partial charge in [0.2, 0.25) is 11.8 Å². The first kappa shape index (κ1) is 20.9. The number of aldehydes is 1. The highest BCUT2D eigenvalue weighted by Gasteiger charge is 2.37. The van der Waals surface area contributed by atoms with Crippen LogP contribution in [-0.2, 0) is 23.9 Å². The van der Waals surface area contributed by atoms with Gasteiger partial charge in [-0.2, -0.15) is 0 Å². The highest BCUT2D eigenvalue weighted by Crippen LogP contribution is 2.11. The van der Waals surface area contributed by atoms with Crippen molar-refractivity contribution in [1.82, 2.24) is 5.32 Å². The molecule has 0 rings (SSSR count). The predicted octanol–water partition coefficient (Wildman–Crippen LogP) is -4.48. The Labute approximate surface area is 131 Å². The molecule has 0 unspecified atom stereocenters. The number of nitrogens with one attached hydrogen (secondary N) is 1. The SMILES string of the molecule is CC(=O)N[C@@H](C=O)[C@@H](OC(=O)[C@@H](N)CC(N)=O)[C@H](O)[C@H](O)CO. The average molecular weight is 335 g/mol. The Morgan fingerprint density at radius 1 is 1.30 bits per heavy atom. The first-order valence-corrected chi connectivity index (χ1v) is 6.57. The quantitative estimate of drug-likeness (QED) is 0.168. The van der Waals surface area contributed by atoms with Crippen molar-refractivity contribution in [3.05, 3.63) is 0 Å². The lowest BCUT2D eigenvalue weighted by molar-refractivity contribution is -0.167. The monoisotopic (exact) mass is 335 g/mol. The largest absolute Gasteiger partial charge is 0.456 e. The van der Waals surface area contributed by atoms with Crippen LogP contribution in [0, 0.1) is 0 Å². The van der Waals surface area contributed by atoms with Gasteiger partial charge in [0.05, 0.1) is 13.0 Å². The fourth-order valence-electron chi connectivity index (χ4n) is 1.63. The zero-order chi connectivity index (χ0) is 18.2. The third-order valence-electron chi connectivity index (χ3n) is 2.76. The van der Waals surface area contributed by atoms with Gasteiger partial charge in [0.1, 0.15) is 30.6 Å². The van der Waals surface area contributed by atoms with E-state index in [-0.39, 0.29) is 6.29 Å². The Morgan fingerprint density at radius 3 is 2.26 bits per heavy atom. The van der Waals surface area contributed by atoms with Gasteiger partial charge in [-0.1, -0.05) is 0 Å². The Bertz CT molecular complexity index is 444. The number of nitrogens with two attached hydrogens (primary N) is 2. The van der Waals surface area contributed by atoms with Crippen LogP contribution in [-0.4, -0.2) is 76.4 Å². The zero-order valence-corrected chi connectivity index (χ0v) is 12.4. The van der Waals surface area contributed by atoms with Crippen LogP contribution < -0.4 is 16.8 Å². The maximum absolute atomic E-state index is 11.8. The van der Waals surface area contributed by atoms with E-state index in [0.717, 1.165) is 6.92 Å². The molecule has 0 heterocycles. The van der Waals surface area contributed by atoms with Gasteiger partial charge < -0.3 is 41.6 Å². The minimum Gasteiger partial charge on any atom is -0.456 e. The summed E-state index contributed by atoms with van der Waals surface area (Å²) in [5.41, 5.74) is 10.3. The molecule has 0 radical (unpaired) electrons. The number of amides is 2. The summed E-state index contributed by atoms with van der Waals surface area (Å²) in [5, 5.41) is 30.3. The molecule has 0 spiro atoms. The Morgan fingerprint density at radius 2 is 1.87 bits per heavy atom. The van der Waals surface area contributed by atoms with Gasteiger partial charge >= 0.3 is 5.97 Å². The van der Waals surface area contributed by atoms with Crippen LogP contribution in [0.3, 0.4) is 0 Å². The number of aliphatic hydroxyl groups is 3. The highest BCUT2D eigenvalue weighted by atomic mass is 16.6. The van der Waals surface area contributed by atoms with E-state index in [1.807, 2.05) is 0 Å². The number of carbonyl (C=O) groups is 4. The Kier molecular flexibility index (Phi) is 8.95. The van der Waals surface area contributed by atoms with E-state index in [9.17, 15) is 29.4 Å². The molecule has 11 nitrogen and oxygen atoms in total. The summed E-state index contributed by atoms with van der Waals surface area (Å²) in [4.78, 5) is 44.6. The number of rotatable bonds is 10. The summed E-state index contributed by atoms with van der Waals surface area (Å²) >= 11 is 0. The van der Waals surface area contributed by atoms with E-state index >= 15 is 0 Å². The standard InChI is InChI=1S/C12H21N3O8/c1-5(18)15-7(3-16)11(10(21)8(19)4-17)23-12(22)6(13)2-9(14)20/h3,6-8,10-11,17,19,21H,2,4,13H2,1H3,(H2,14,20)(H,15,18)/t6-,7-,8+,10+,11+/m0/s1. The summed E-state index contributed by atoms with van der Waals surface area (Å²) in [6.45, 7) is 0.178. The van der Waals surface area contributed by atoms with Crippen molar-refractivity contribution in [3.63, 3.8) is 0 Å². The molecule has 0 saturated heterocycles. The fourth-order valence-corrected chi connectivity index (χ4v) is 1.63. The van der Waals surface area contributed by atoms with E-state index in [0.29, 0.717) is 0 Å². The highest BCUT2D eigenvalue weighted by molar-refractivity contribution is 5.84. The molecular formula is C12H21N3O8. The number of primary amides is 1. The van der Waals surface area contributed by atoms with Crippen molar-refractivity contribution in [1.29, 1.82) is 0 Å². The molecule has 0 bridgehead atoms. The minimum absolute atomic E-state index is 0.173. The van der Waals surface area contributed by atoms with Gasteiger partial charge in [-0.05, 0) is 0 Å². The molecule has 2 amide bonds. The maximum atomic E-state index is 11.8. The lowest BCUT2D eigenvalue weighted by Gasteiger charge is -2.30. The van der Waals surface area contributed by atoms with E-state index in [2.05, 4.69) is 5.32 Å². The molecule has 0 fully saturated rings. The molecule has 8 N–H and O–H groups in total. The van der Waals surface area contributed by atoms with Gasteiger partial charge in [-0.15, -0.1) is 0 Å². The third kappa shape index (κ3) is 7.15. The molecule has 0 aromatic rings. The van der Waals surface area contributed by atoms with Gasteiger partial charge in [-0.25, -0.2) is 0 Å². The van der Waals surface area contributed by atoms with E-state index in [4.69, 9.17) is 21.3 Å². The average Bonchev–Trinajstić information content (AvgIpc) is 2.47. The van der Waals surface area contributed by atoms with Gasteiger partial charge in [0, 0.05) is 6.92 Å². The van der Waals surface area contributed by atoms with Crippen LogP contribution in [0.2, 0.25) is 0 Å². The second-order valence-electron chi connectivity index (χ2n) is 4.78. The van der Waals surface area contributed by atoms with Crippen molar-refractivity contribution in [2.24, 2.45) is 11.5 Å². The molecule has 0 aromatic carbocycles. The van der Waals surface area contributed by atoms with Crippen molar-refractivity contribution in [2.75, 3.05) is 6.61 Å². The van der Waals surface area contributed by atoms with Crippen LogP contribution in [0.5, 0.6) is 0 Å². The molecule has 0 aliphatic rings. The summed E-state index contributed by atoms with van der Waals surface area (Å²) in [7, 11) is 0. The molecule has 0 aliphatic carbocycles. The van der Waals surface area contributed by atoms with Crippen LogP contribution in [0.15, 0.2) is 0 Å². The van der Waals surface area contributed by atoms with Crippen molar-refractivity contribution in [2.45, 2.75) is 43.7 Å². The number of carbonyl (C=O) groups excluding carboxylic acids is 4. The van der Waals surface area contributed by atoms with Crippen LogP contribution in [0.4, 0.5) is 0 Å². The van der Waals surface area contributed by atoms with Gasteiger partial charge in [-0.3, -0.25) is 14.4 Å². The smallest absolute Gasteiger partial charge is 0.323 e. The summed E-state index contributed by atoms with van der Waals surface area (Å²) < 4.78 is 4.81. The maximum Gasteiger partial charge on any atom is 0.323 e. The molecule has 0 aliphatic heterocycles. The lowest BCUT2D eigenvalue weighted by atomic mass is 10.0. The van der Waals surface area contributed by atoms with Gasteiger partial charge in [0.15, 0.2) is 6.10 Å². The lowest BCUT2D eigenvalue weighted by Crippen LogP contribution is -2.56. The number of esters is 1. The second kappa shape index (κ2) is 9.84. The molecule has 23 heavy (non-hydrogen) atoms. The zero-order valence-electron chi connectivity index (χ0n) is 12.4. The summed E-state index contributed by atoms with van der Waals surface area (Å²) in [5.74, 6) is -2.73. The van der Waals surface area contributed by atoms with E-state index < -0.39 is 61.2 Å². The Hall–Kier alpha value is -2.08. The third-order valence-corrected chi connectivity index (χ3v) is 2.76. The predicted molar refractivity (Wildman–Crippen MR) is 74.4 cm³/mol. The Balaban J connectivity index is 5.25. The molecule has 0 aromatic heterocycles. The topological polar surface area (TPSA) is 202 Å². The number of aliphatic hydroxyl groups excluding tert-OH is 3. The van der Waals surface area contributed by atoms with Crippen LogP contribution in [0.1, 0.15) is 13.3 Å². The van der Waals surface area contributed by atoms with Crippen molar-refractivity contribution >= 4 is 24.1 Å². The molecule has 0 saturated carbocycles. The molecule has 11 heteroatoms. The molecular weight excluding hydrogens is 314 g/mol. The van der Waals surface area contributed by atoms with Gasteiger partial charge in [0.25, 0.3) is 0 Å². The second-order valence-corrected chi connectivity index (χ2v) is 4.78. The molecule has 5 atom stereocenters. The summed E-state index contributed by atoms with van der Waals surface area (Å²) in [6, 6.07) is -2.97. The number of ether oxygens (including phenoxy) is 1. The number of hydrogen-bond donors (Lipinski definition) is 6. The van der Waals surface area contributed by atoms with E-state index in [1.165, 1.54) is 0 Å². The van der Waals surface area contributed by atoms with Crippen LogP contribution >= 0.6 is 0 Å². The van der Waals surface area contributed by atoms with Crippen molar-refractivity contribution in [3.8, 4) is 0 Å². The van der Waals surface area contributed by atoms with Crippen molar-refractivity contribution < 1.29 is 39.2 Å². The molecule has 132 valence electrons. The summed E-state index contributed by atoms with van der Waals surface area (Å²) in [6.07, 6.45) is -5.75. The minimum atomic E-state index is -1.90.